The van der Waals surface area contributed by atoms with Gasteiger partial charge in [0.2, 0.25) is 11.8 Å². The van der Waals surface area contributed by atoms with E-state index in [1.807, 2.05) is 0 Å². The maximum absolute atomic E-state index is 12.7. The summed E-state index contributed by atoms with van der Waals surface area (Å²) in [5, 5.41) is 5.14. The fourth-order valence-corrected chi connectivity index (χ4v) is 5.05. The first-order chi connectivity index (χ1) is 14.9. The van der Waals surface area contributed by atoms with E-state index in [0.29, 0.717) is 11.4 Å². The number of carbonyl (C=O) groups is 2. The smallest absolute Gasteiger partial charge is 0.406 e. The van der Waals surface area contributed by atoms with Crippen LogP contribution in [0.25, 0.3) is 0 Å². The Morgan fingerprint density at radius 3 is 2.56 bits per heavy atom. The maximum atomic E-state index is 12.7. The summed E-state index contributed by atoms with van der Waals surface area (Å²) in [5.74, 6) is -1.38. The van der Waals surface area contributed by atoms with Crippen LogP contribution in [0.4, 0.5) is 24.5 Å². The molecule has 172 valence electrons. The lowest BCUT2D eigenvalue weighted by atomic mass is 10.2. The molecule has 1 aliphatic rings. The van der Waals surface area contributed by atoms with Gasteiger partial charge in [-0.25, -0.2) is 8.42 Å². The van der Waals surface area contributed by atoms with E-state index in [1.165, 1.54) is 36.0 Å². The highest BCUT2D eigenvalue weighted by atomic mass is 32.2. The zero-order chi connectivity index (χ0) is 23.5. The molecule has 0 aliphatic carbocycles. The molecule has 1 heterocycles. The van der Waals surface area contributed by atoms with Crippen LogP contribution in [0.2, 0.25) is 0 Å². The third-order valence-electron chi connectivity index (χ3n) is 4.47. The molecule has 0 radical (unpaired) electrons. The number of halogens is 3. The molecule has 12 heteroatoms. The van der Waals surface area contributed by atoms with Crippen molar-refractivity contribution in [2.45, 2.75) is 29.5 Å². The largest absolute Gasteiger partial charge is 0.573 e. The zero-order valence-corrected chi connectivity index (χ0v) is 18.4. The Hall–Kier alpha value is -2.73. The van der Waals surface area contributed by atoms with Gasteiger partial charge in [0, 0.05) is 28.7 Å². The summed E-state index contributed by atoms with van der Waals surface area (Å²) in [6, 6.07) is 8.91. The molecule has 2 aromatic carbocycles. The number of sulfone groups is 1. The normalized spacial score (nSPS) is 16.5. The molecule has 0 saturated carbocycles. The van der Waals surface area contributed by atoms with E-state index in [4.69, 9.17) is 0 Å². The number of hydrogen-bond acceptors (Lipinski definition) is 6. The minimum absolute atomic E-state index is 0.0202. The number of thioether (sulfide) groups is 1. The van der Waals surface area contributed by atoms with Crippen molar-refractivity contribution in [2.75, 3.05) is 22.1 Å². The van der Waals surface area contributed by atoms with Crippen molar-refractivity contribution in [1.29, 1.82) is 0 Å². The molecule has 0 unspecified atom stereocenters. The fourth-order valence-electron chi connectivity index (χ4n) is 2.78. The van der Waals surface area contributed by atoms with E-state index in [9.17, 15) is 31.2 Å². The predicted octanol–water partition coefficient (Wildman–Crippen LogP) is 4.07. The highest BCUT2D eigenvalue weighted by Gasteiger charge is 2.31. The van der Waals surface area contributed by atoms with Crippen LogP contribution in [-0.4, -0.2) is 38.1 Å². The Bertz CT molecular complexity index is 1120. The van der Waals surface area contributed by atoms with Crippen molar-refractivity contribution < 1.29 is 35.9 Å². The summed E-state index contributed by atoms with van der Waals surface area (Å²) in [6.45, 7) is 1.78. The van der Waals surface area contributed by atoms with E-state index in [2.05, 4.69) is 15.4 Å². The van der Waals surface area contributed by atoms with Gasteiger partial charge in [0.05, 0.1) is 16.3 Å². The molecular formula is C20H19F3N2O5S2. The minimum atomic E-state index is -4.82. The van der Waals surface area contributed by atoms with E-state index in [-0.39, 0.29) is 28.8 Å². The van der Waals surface area contributed by atoms with Crippen molar-refractivity contribution in [3.05, 3.63) is 42.5 Å². The van der Waals surface area contributed by atoms with Gasteiger partial charge in [0.15, 0.2) is 9.84 Å². The number of ether oxygens (including phenoxy) is 1. The van der Waals surface area contributed by atoms with Crippen LogP contribution >= 0.6 is 11.8 Å². The van der Waals surface area contributed by atoms with Crippen LogP contribution < -0.4 is 15.4 Å². The summed E-state index contributed by atoms with van der Waals surface area (Å²) in [5.41, 5.74) is 0.608. The maximum Gasteiger partial charge on any atom is 0.573 e. The second kappa shape index (κ2) is 9.41. The average molecular weight is 489 g/mol. The number of nitrogens with one attached hydrogen (secondary N) is 2. The van der Waals surface area contributed by atoms with Gasteiger partial charge in [-0.05, 0) is 42.5 Å². The molecule has 0 saturated heterocycles. The SMILES string of the molecule is C[C@H]1CSc2ccc(S(=O)(=O)CCC(=O)Nc3ccc(OC(F)(F)F)cc3)cc2NC1=O. The van der Waals surface area contributed by atoms with E-state index < -0.39 is 33.6 Å². The topological polar surface area (TPSA) is 102 Å². The third-order valence-corrected chi connectivity index (χ3v) is 7.52. The van der Waals surface area contributed by atoms with Gasteiger partial charge in [-0.1, -0.05) is 6.92 Å². The molecule has 7 nitrogen and oxygen atoms in total. The Morgan fingerprint density at radius 2 is 1.91 bits per heavy atom. The zero-order valence-electron chi connectivity index (χ0n) is 16.7. The second-order valence-corrected chi connectivity index (χ2v) is 10.2. The molecule has 3 rings (SSSR count). The van der Waals surface area contributed by atoms with Crippen LogP contribution in [0.1, 0.15) is 13.3 Å². The standard InChI is InChI=1S/C20H19F3N2O5S2/c1-12-11-31-17-7-6-15(10-16(17)25-19(12)27)32(28,29)9-8-18(26)24-13-2-4-14(5-3-13)30-20(21,22)23/h2-7,10,12H,8-9,11H2,1H3,(H,24,26)(H,25,27)/t12-/m0/s1. The first kappa shape index (κ1) is 23.9. The van der Waals surface area contributed by atoms with Gasteiger partial charge in [0.1, 0.15) is 5.75 Å². The Morgan fingerprint density at radius 1 is 1.22 bits per heavy atom. The monoisotopic (exact) mass is 488 g/mol. The summed E-state index contributed by atoms with van der Waals surface area (Å²) in [7, 11) is -3.82. The van der Waals surface area contributed by atoms with Gasteiger partial charge >= 0.3 is 6.36 Å². The highest BCUT2D eigenvalue weighted by Crippen LogP contribution is 2.34. The molecule has 2 aromatic rings. The van der Waals surface area contributed by atoms with E-state index in [1.54, 1.807) is 13.0 Å². The summed E-state index contributed by atoms with van der Waals surface area (Å²) in [4.78, 5) is 24.9. The molecule has 0 bridgehead atoms. The first-order valence-corrected chi connectivity index (χ1v) is 12.0. The molecule has 1 atom stereocenters. The lowest BCUT2D eigenvalue weighted by Gasteiger charge is -2.11. The molecule has 32 heavy (non-hydrogen) atoms. The number of anilines is 2. The molecular weight excluding hydrogens is 469 g/mol. The van der Waals surface area contributed by atoms with E-state index in [0.717, 1.165) is 17.0 Å². The van der Waals surface area contributed by atoms with Crippen LogP contribution in [0.3, 0.4) is 0 Å². The van der Waals surface area contributed by atoms with Gasteiger partial charge in [0.25, 0.3) is 0 Å². The number of hydrogen-bond donors (Lipinski definition) is 2. The number of fused-ring (bicyclic) bond motifs is 1. The minimum Gasteiger partial charge on any atom is -0.406 e. The number of rotatable bonds is 6. The Labute approximate surface area is 186 Å². The Balaban J connectivity index is 1.61. The summed E-state index contributed by atoms with van der Waals surface area (Å²) in [6.07, 6.45) is -5.19. The Kier molecular flexibility index (Phi) is 7.03. The van der Waals surface area contributed by atoms with Crippen LogP contribution in [-0.2, 0) is 19.4 Å². The average Bonchev–Trinajstić information content (AvgIpc) is 2.85. The van der Waals surface area contributed by atoms with Gasteiger partial charge in [-0.15, -0.1) is 24.9 Å². The number of benzene rings is 2. The predicted molar refractivity (Wildman–Crippen MR) is 113 cm³/mol. The highest BCUT2D eigenvalue weighted by molar-refractivity contribution is 7.99. The molecule has 0 spiro atoms. The van der Waals surface area contributed by atoms with Crippen LogP contribution in [0.15, 0.2) is 52.3 Å². The van der Waals surface area contributed by atoms with Crippen molar-refractivity contribution in [1.82, 2.24) is 0 Å². The molecule has 0 aromatic heterocycles. The number of alkyl halides is 3. The van der Waals surface area contributed by atoms with Gasteiger partial charge in [-0.2, -0.15) is 0 Å². The van der Waals surface area contributed by atoms with E-state index >= 15 is 0 Å². The molecule has 0 fully saturated rings. The van der Waals surface area contributed by atoms with Gasteiger partial charge < -0.3 is 15.4 Å². The van der Waals surface area contributed by atoms with Crippen LogP contribution in [0.5, 0.6) is 5.75 Å². The quantitative estimate of drug-likeness (QED) is 0.636. The van der Waals surface area contributed by atoms with Crippen LogP contribution in [0, 0.1) is 5.92 Å². The van der Waals surface area contributed by atoms with Crippen molar-refractivity contribution in [2.24, 2.45) is 5.92 Å². The first-order valence-electron chi connectivity index (χ1n) is 9.39. The summed E-state index contributed by atoms with van der Waals surface area (Å²) < 4.78 is 65.6. The molecule has 2 amide bonds. The van der Waals surface area contributed by atoms with Gasteiger partial charge in [-0.3, -0.25) is 9.59 Å². The number of amides is 2. The summed E-state index contributed by atoms with van der Waals surface area (Å²) >= 11 is 1.45. The van der Waals surface area contributed by atoms with Crippen molar-refractivity contribution >= 4 is 44.8 Å². The lowest BCUT2D eigenvalue weighted by Crippen LogP contribution is -2.20. The number of carbonyl (C=O) groups excluding carboxylic acids is 2. The fraction of sp³-hybridized carbons (Fsp3) is 0.300. The third kappa shape index (κ3) is 6.39. The lowest BCUT2D eigenvalue weighted by molar-refractivity contribution is -0.274. The molecule has 1 aliphatic heterocycles. The van der Waals surface area contributed by atoms with Crippen molar-refractivity contribution in [3.63, 3.8) is 0 Å². The molecule has 2 N–H and O–H groups in total. The second-order valence-electron chi connectivity index (χ2n) is 7.05. The van der Waals surface area contributed by atoms with Crippen molar-refractivity contribution in [3.8, 4) is 5.75 Å².